The van der Waals surface area contributed by atoms with E-state index in [1.807, 2.05) is 6.92 Å². The first-order valence-corrected chi connectivity index (χ1v) is 7.30. The Morgan fingerprint density at radius 1 is 1.43 bits per heavy atom. The molecule has 2 rings (SSSR count). The van der Waals surface area contributed by atoms with E-state index < -0.39 is 0 Å². The fourth-order valence-corrected chi connectivity index (χ4v) is 2.56. The zero-order valence-electron chi connectivity index (χ0n) is 12.2. The molecule has 112 valence electrons. The number of hydrogen-bond acceptors (Lipinski definition) is 4. The zero-order chi connectivity index (χ0) is 15.2. The molecule has 1 aliphatic rings. The van der Waals surface area contributed by atoms with Gasteiger partial charge in [-0.3, -0.25) is 9.69 Å². The fraction of sp³-hybridized carbons (Fsp3) is 0.500. The van der Waals surface area contributed by atoms with E-state index in [1.54, 1.807) is 24.3 Å². The molecule has 5 nitrogen and oxygen atoms in total. The zero-order valence-corrected chi connectivity index (χ0v) is 12.2. The standard InChI is InChI=1S/C16H21N3O2/c1-12(19-8-6-14(11-20)7-9-19)16(21)18-15-4-2-13(10-17)3-5-15/h2-5,12,14,20H,6-9,11H2,1H3,(H,18,21). The van der Waals surface area contributed by atoms with Gasteiger partial charge in [-0.25, -0.2) is 0 Å². The van der Waals surface area contributed by atoms with Crippen LogP contribution in [0, 0.1) is 17.2 Å². The number of hydrogen-bond donors (Lipinski definition) is 2. The summed E-state index contributed by atoms with van der Waals surface area (Å²) in [5.74, 6) is 0.331. The number of nitriles is 1. The van der Waals surface area contributed by atoms with E-state index >= 15 is 0 Å². The second-order valence-electron chi connectivity index (χ2n) is 5.52. The molecule has 0 radical (unpaired) electrons. The summed E-state index contributed by atoms with van der Waals surface area (Å²) >= 11 is 0. The number of nitrogens with one attached hydrogen (secondary N) is 1. The Morgan fingerprint density at radius 3 is 2.57 bits per heavy atom. The smallest absolute Gasteiger partial charge is 0.241 e. The summed E-state index contributed by atoms with van der Waals surface area (Å²) in [5, 5.41) is 20.8. The third-order valence-electron chi connectivity index (χ3n) is 4.12. The summed E-state index contributed by atoms with van der Waals surface area (Å²) in [4.78, 5) is 14.4. The summed E-state index contributed by atoms with van der Waals surface area (Å²) in [6, 6.07) is 8.71. The highest BCUT2D eigenvalue weighted by molar-refractivity contribution is 5.94. The highest BCUT2D eigenvalue weighted by Gasteiger charge is 2.26. The van der Waals surface area contributed by atoms with Crippen molar-refractivity contribution in [3.8, 4) is 6.07 Å². The first-order valence-electron chi connectivity index (χ1n) is 7.30. The molecule has 1 saturated heterocycles. The molecule has 1 heterocycles. The van der Waals surface area contributed by atoms with Gasteiger partial charge in [0.25, 0.3) is 0 Å². The average molecular weight is 287 g/mol. The van der Waals surface area contributed by atoms with Crippen LogP contribution in [0.4, 0.5) is 5.69 Å². The van der Waals surface area contributed by atoms with Crippen LogP contribution in [0.15, 0.2) is 24.3 Å². The molecule has 1 aromatic rings. The van der Waals surface area contributed by atoms with Crippen LogP contribution in [0.1, 0.15) is 25.3 Å². The van der Waals surface area contributed by atoms with Gasteiger partial charge in [0, 0.05) is 12.3 Å². The first kappa shape index (κ1) is 15.5. The predicted molar refractivity (Wildman–Crippen MR) is 80.6 cm³/mol. The summed E-state index contributed by atoms with van der Waals surface area (Å²) in [6.45, 7) is 3.82. The fourth-order valence-electron chi connectivity index (χ4n) is 2.56. The third kappa shape index (κ3) is 4.03. The van der Waals surface area contributed by atoms with Crippen molar-refractivity contribution in [2.75, 3.05) is 25.0 Å². The predicted octanol–water partition coefficient (Wildman–Crippen LogP) is 1.59. The molecule has 0 saturated carbocycles. The number of likely N-dealkylation sites (tertiary alicyclic amines) is 1. The lowest BCUT2D eigenvalue weighted by Gasteiger charge is -2.34. The van der Waals surface area contributed by atoms with Gasteiger partial charge in [-0.2, -0.15) is 5.26 Å². The van der Waals surface area contributed by atoms with Gasteiger partial charge in [-0.15, -0.1) is 0 Å². The quantitative estimate of drug-likeness (QED) is 0.881. The molecule has 0 spiro atoms. The SMILES string of the molecule is CC(C(=O)Nc1ccc(C#N)cc1)N1CCC(CO)CC1. The molecule has 0 bridgehead atoms. The molecule has 1 amide bonds. The van der Waals surface area contributed by atoms with Gasteiger partial charge in [0.2, 0.25) is 5.91 Å². The Balaban J connectivity index is 1.89. The molecule has 1 fully saturated rings. The minimum Gasteiger partial charge on any atom is -0.396 e. The lowest BCUT2D eigenvalue weighted by Crippen LogP contribution is -2.46. The lowest BCUT2D eigenvalue weighted by atomic mass is 9.97. The van der Waals surface area contributed by atoms with Crippen LogP contribution in [-0.2, 0) is 4.79 Å². The van der Waals surface area contributed by atoms with Gasteiger partial charge >= 0.3 is 0 Å². The Bertz CT molecular complexity index is 513. The molecule has 0 aliphatic carbocycles. The van der Waals surface area contributed by atoms with E-state index in [0.717, 1.165) is 25.9 Å². The van der Waals surface area contributed by atoms with Gasteiger partial charge in [0.1, 0.15) is 0 Å². The van der Waals surface area contributed by atoms with E-state index in [2.05, 4.69) is 16.3 Å². The number of aliphatic hydroxyl groups excluding tert-OH is 1. The van der Waals surface area contributed by atoms with Crippen molar-refractivity contribution in [1.82, 2.24) is 4.90 Å². The molecule has 21 heavy (non-hydrogen) atoms. The summed E-state index contributed by atoms with van der Waals surface area (Å²) < 4.78 is 0. The van der Waals surface area contributed by atoms with Crippen molar-refractivity contribution in [2.45, 2.75) is 25.8 Å². The largest absolute Gasteiger partial charge is 0.396 e. The van der Waals surface area contributed by atoms with Crippen molar-refractivity contribution in [3.63, 3.8) is 0 Å². The number of rotatable bonds is 4. The number of aliphatic hydroxyl groups is 1. The van der Waals surface area contributed by atoms with Crippen molar-refractivity contribution < 1.29 is 9.90 Å². The van der Waals surface area contributed by atoms with Crippen molar-refractivity contribution in [2.24, 2.45) is 5.92 Å². The number of carbonyl (C=O) groups is 1. The lowest BCUT2D eigenvalue weighted by molar-refractivity contribution is -0.121. The van der Waals surface area contributed by atoms with Gasteiger partial charge in [0.15, 0.2) is 0 Å². The monoisotopic (exact) mass is 287 g/mol. The van der Waals surface area contributed by atoms with E-state index in [1.165, 1.54) is 0 Å². The normalized spacial score (nSPS) is 18.0. The summed E-state index contributed by atoms with van der Waals surface area (Å²) in [5.41, 5.74) is 1.28. The van der Waals surface area contributed by atoms with Gasteiger partial charge < -0.3 is 10.4 Å². The minimum absolute atomic E-state index is 0.0397. The number of piperidine rings is 1. The van der Waals surface area contributed by atoms with Gasteiger partial charge in [-0.1, -0.05) is 0 Å². The maximum Gasteiger partial charge on any atom is 0.241 e. The van der Waals surface area contributed by atoms with E-state index in [-0.39, 0.29) is 18.6 Å². The summed E-state index contributed by atoms with van der Waals surface area (Å²) in [6.07, 6.45) is 1.87. The van der Waals surface area contributed by atoms with Crippen molar-refractivity contribution in [3.05, 3.63) is 29.8 Å². The topological polar surface area (TPSA) is 76.4 Å². The van der Waals surface area contributed by atoms with Crippen LogP contribution < -0.4 is 5.32 Å². The van der Waals surface area contributed by atoms with Crippen molar-refractivity contribution in [1.29, 1.82) is 5.26 Å². The van der Waals surface area contributed by atoms with Crippen LogP contribution in [-0.4, -0.2) is 41.7 Å². The van der Waals surface area contributed by atoms with E-state index in [4.69, 9.17) is 10.4 Å². The van der Waals surface area contributed by atoms with Crippen LogP contribution in [0.25, 0.3) is 0 Å². The molecule has 0 aromatic heterocycles. The van der Waals surface area contributed by atoms with Crippen molar-refractivity contribution >= 4 is 11.6 Å². The summed E-state index contributed by atoms with van der Waals surface area (Å²) in [7, 11) is 0. The minimum atomic E-state index is -0.194. The molecular formula is C16H21N3O2. The average Bonchev–Trinajstić information content (AvgIpc) is 2.55. The number of benzene rings is 1. The van der Waals surface area contributed by atoms with E-state index in [9.17, 15) is 4.79 Å². The van der Waals surface area contributed by atoms with E-state index in [0.29, 0.717) is 17.2 Å². The van der Waals surface area contributed by atoms with Crippen LogP contribution in [0.3, 0.4) is 0 Å². The van der Waals surface area contributed by atoms with Crippen LogP contribution >= 0.6 is 0 Å². The highest BCUT2D eigenvalue weighted by Crippen LogP contribution is 2.19. The number of nitrogens with zero attached hydrogens (tertiary/aromatic N) is 2. The molecule has 1 atom stereocenters. The maximum atomic E-state index is 12.3. The molecule has 1 aromatic carbocycles. The highest BCUT2D eigenvalue weighted by atomic mass is 16.3. The number of carbonyl (C=O) groups excluding carboxylic acids is 1. The maximum absolute atomic E-state index is 12.3. The van der Waals surface area contributed by atoms with Crippen LogP contribution in [0.5, 0.6) is 0 Å². The first-order chi connectivity index (χ1) is 10.1. The molecule has 1 aliphatic heterocycles. The Hall–Kier alpha value is -1.90. The second kappa shape index (κ2) is 7.21. The molecule has 1 unspecified atom stereocenters. The Labute approximate surface area is 125 Å². The molecule has 2 N–H and O–H groups in total. The molecular weight excluding hydrogens is 266 g/mol. The number of anilines is 1. The van der Waals surface area contributed by atoms with Gasteiger partial charge in [-0.05, 0) is 63.0 Å². The number of amides is 1. The Morgan fingerprint density at radius 2 is 2.05 bits per heavy atom. The third-order valence-corrected chi connectivity index (χ3v) is 4.12. The van der Waals surface area contributed by atoms with Crippen LogP contribution in [0.2, 0.25) is 0 Å². The Kier molecular flexibility index (Phi) is 5.32. The molecule has 5 heteroatoms. The second-order valence-corrected chi connectivity index (χ2v) is 5.52. The van der Waals surface area contributed by atoms with Gasteiger partial charge in [0.05, 0.1) is 17.7 Å².